The summed E-state index contributed by atoms with van der Waals surface area (Å²) in [5, 5.41) is 3.43. The third-order valence-corrected chi connectivity index (χ3v) is 5.11. The lowest BCUT2D eigenvalue weighted by atomic mass is 9.78. The van der Waals surface area contributed by atoms with Crippen LogP contribution in [0.5, 0.6) is 11.5 Å². The molecule has 4 nitrogen and oxygen atoms in total. The number of likely N-dealkylation sites (tertiary alicyclic amines) is 1. The van der Waals surface area contributed by atoms with Gasteiger partial charge >= 0.3 is 6.61 Å². The lowest BCUT2D eigenvalue weighted by molar-refractivity contribution is -0.0514. The number of rotatable bonds is 6. The molecule has 25 heavy (non-hydrogen) atoms. The average Bonchev–Trinajstić information content (AvgIpc) is 2.92. The van der Waals surface area contributed by atoms with Gasteiger partial charge in [-0.15, -0.1) is 12.4 Å². The minimum atomic E-state index is -2.84. The molecule has 0 radical (unpaired) electrons. The molecule has 1 aromatic rings. The first kappa shape index (κ1) is 20.2. The molecular formula is C18H27ClF2N2O2. The number of nitrogens with zero attached hydrogens (tertiary/aromatic N) is 1. The van der Waals surface area contributed by atoms with E-state index in [0.717, 1.165) is 38.3 Å². The normalized spacial score (nSPS) is 19.8. The first-order chi connectivity index (χ1) is 11.6. The first-order valence-electron chi connectivity index (χ1n) is 8.74. The van der Waals surface area contributed by atoms with Crippen molar-refractivity contribution in [3.63, 3.8) is 0 Å². The average molecular weight is 377 g/mol. The number of piperidine rings is 1. The summed E-state index contributed by atoms with van der Waals surface area (Å²) in [5.41, 5.74) is 1.54. The minimum absolute atomic E-state index is 0. The molecule has 2 aliphatic rings. The molecule has 2 saturated heterocycles. The Hall–Kier alpha value is -1.11. The third kappa shape index (κ3) is 5.19. The Kier molecular flexibility index (Phi) is 7.28. The van der Waals surface area contributed by atoms with Gasteiger partial charge in [0.2, 0.25) is 0 Å². The quantitative estimate of drug-likeness (QED) is 0.821. The molecule has 1 spiro atoms. The molecule has 1 aromatic carbocycles. The molecule has 0 bridgehead atoms. The van der Waals surface area contributed by atoms with Gasteiger partial charge in [-0.1, -0.05) is 6.07 Å². The van der Waals surface area contributed by atoms with Crippen molar-refractivity contribution >= 4 is 12.4 Å². The van der Waals surface area contributed by atoms with Crippen LogP contribution in [0.25, 0.3) is 0 Å². The molecule has 0 saturated carbocycles. The van der Waals surface area contributed by atoms with Crippen LogP contribution in [-0.2, 0) is 6.54 Å². The number of alkyl halides is 2. The third-order valence-electron chi connectivity index (χ3n) is 5.11. The van der Waals surface area contributed by atoms with Crippen molar-refractivity contribution in [2.45, 2.75) is 39.3 Å². The summed E-state index contributed by atoms with van der Waals surface area (Å²) in [6.45, 7) is 4.68. The highest BCUT2D eigenvalue weighted by molar-refractivity contribution is 5.85. The molecule has 0 aliphatic carbocycles. The molecular weight excluding hydrogens is 350 g/mol. The maximum Gasteiger partial charge on any atom is 0.387 e. The van der Waals surface area contributed by atoms with E-state index in [1.54, 1.807) is 6.07 Å². The van der Waals surface area contributed by atoms with Crippen LogP contribution in [0.4, 0.5) is 8.78 Å². The second-order valence-corrected chi connectivity index (χ2v) is 6.80. The Morgan fingerprint density at radius 3 is 2.64 bits per heavy atom. The van der Waals surface area contributed by atoms with E-state index in [1.165, 1.54) is 19.3 Å². The van der Waals surface area contributed by atoms with Crippen molar-refractivity contribution in [2.75, 3.05) is 32.8 Å². The summed E-state index contributed by atoms with van der Waals surface area (Å²) in [6.07, 6.45) is 3.74. The maximum absolute atomic E-state index is 12.5. The molecule has 2 heterocycles. The monoisotopic (exact) mass is 376 g/mol. The van der Waals surface area contributed by atoms with Gasteiger partial charge in [-0.05, 0) is 68.9 Å². The van der Waals surface area contributed by atoms with E-state index in [2.05, 4.69) is 15.0 Å². The van der Waals surface area contributed by atoms with Crippen LogP contribution in [0, 0.1) is 5.41 Å². The number of halogens is 3. The zero-order chi connectivity index (χ0) is 17.0. The maximum atomic E-state index is 12.5. The Balaban J connectivity index is 0.00000225. The van der Waals surface area contributed by atoms with Crippen LogP contribution in [-0.4, -0.2) is 44.3 Å². The van der Waals surface area contributed by atoms with Crippen molar-refractivity contribution < 1.29 is 18.3 Å². The van der Waals surface area contributed by atoms with E-state index in [-0.39, 0.29) is 18.2 Å². The molecule has 0 unspecified atom stereocenters. The molecule has 0 atom stereocenters. The van der Waals surface area contributed by atoms with Crippen molar-refractivity contribution in [2.24, 2.45) is 5.41 Å². The molecule has 0 aromatic heterocycles. The number of hydrogen-bond donors (Lipinski definition) is 1. The van der Waals surface area contributed by atoms with Gasteiger partial charge in [0.15, 0.2) is 11.5 Å². The molecule has 1 N–H and O–H groups in total. The Labute approximate surface area is 154 Å². The molecule has 142 valence electrons. The predicted molar refractivity (Wildman–Crippen MR) is 95.9 cm³/mol. The summed E-state index contributed by atoms with van der Waals surface area (Å²) >= 11 is 0. The zero-order valence-electron chi connectivity index (χ0n) is 14.6. The van der Waals surface area contributed by atoms with Crippen LogP contribution in [0.2, 0.25) is 0 Å². The first-order valence-corrected chi connectivity index (χ1v) is 8.74. The van der Waals surface area contributed by atoms with Gasteiger partial charge in [0, 0.05) is 13.1 Å². The molecule has 7 heteroatoms. The van der Waals surface area contributed by atoms with E-state index < -0.39 is 6.61 Å². The standard InChI is InChI=1S/C18H26F2N2O2.ClH/c1-2-23-16-11-14(3-4-15(16)24-17(19)20)12-22-10-7-18(13-22)5-8-21-9-6-18;/h3-4,11,17,21H,2,5-10,12-13H2,1H3;1H. The highest BCUT2D eigenvalue weighted by atomic mass is 35.5. The Morgan fingerprint density at radius 2 is 1.96 bits per heavy atom. The number of nitrogens with one attached hydrogen (secondary N) is 1. The van der Waals surface area contributed by atoms with Crippen molar-refractivity contribution in [1.82, 2.24) is 10.2 Å². The van der Waals surface area contributed by atoms with Gasteiger partial charge in [-0.3, -0.25) is 4.90 Å². The van der Waals surface area contributed by atoms with Crippen LogP contribution in [0.15, 0.2) is 18.2 Å². The summed E-state index contributed by atoms with van der Waals surface area (Å²) in [5.74, 6) is 0.498. The highest BCUT2D eigenvalue weighted by Gasteiger charge is 2.38. The topological polar surface area (TPSA) is 33.7 Å². The fraction of sp³-hybridized carbons (Fsp3) is 0.667. The van der Waals surface area contributed by atoms with E-state index >= 15 is 0 Å². The van der Waals surface area contributed by atoms with E-state index in [0.29, 0.717) is 17.8 Å². The smallest absolute Gasteiger partial charge is 0.387 e. The summed E-state index contributed by atoms with van der Waals surface area (Å²) in [7, 11) is 0. The van der Waals surface area contributed by atoms with Gasteiger partial charge < -0.3 is 14.8 Å². The van der Waals surface area contributed by atoms with Gasteiger partial charge in [0.05, 0.1) is 6.61 Å². The lowest BCUT2D eigenvalue weighted by Crippen LogP contribution is -2.38. The van der Waals surface area contributed by atoms with Crippen molar-refractivity contribution in [3.8, 4) is 11.5 Å². The van der Waals surface area contributed by atoms with Crippen molar-refractivity contribution in [1.29, 1.82) is 0 Å². The predicted octanol–water partition coefficient (Wildman–Crippen LogP) is 3.68. The second-order valence-electron chi connectivity index (χ2n) is 6.80. The zero-order valence-corrected chi connectivity index (χ0v) is 15.4. The second kappa shape index (κ2) is 9.01. The minimum Gasteiger partial charge on any atom is -0.490 e. The fourth-order valence-electron chi connectivity index (χ4n) is 3.90. The Morgan fingerprint density at radius 1 is 1.20 bits per heavy atom. The van der Waals surface area contributed by atoms with Crippen LogP contribution in [0.1, 0.15) is 31.7 Å². The molecule has 2 aliphatic heterocycles. The van der Waals surface area contributed by atoms with Gasteiger partial charge in [0.25, 0.3) is 0 Å². The largest absolute Gasteiger partial charge is 0.490 e. The Bertz CT molecular complexity index is 554. The molecule has 3 rings (SSSR count). The summed E-state index contributed by atoms with van der Waals surface area (Å²) < 4.78 is 35.0. The molecule has 0 amide bonds. The van der Waals surface area contributed by atoms with E-state index in [9.17, 15) is 8.78 Å². The summed E-state index contributed by atoms with van der Waals surface area (Å²) in [6, 6.07) is 5.27. The molecule has 2 fully saturated rings. The van der Waals surface area contributed by atoms with Gasteiger partial charge in [-0.25, -0.2) is 0 Å². The number of hydrogen-bond acceptors (Lipinski definition) is 4. The lowest BCUT2D eigenvalue weighted by Gasteiger charge is -2.34. The van der Waals surface area contributed by atoms with Gasteiger partial charge in [-0.2, -0.15) is 8.78 Å². The van der Waals surface area contributed by atoms with Crippen molar-refractivity contribution in [3.05, 3.63) is 23.8 Å². The SMILES string of the molecule is CCOc1cc(CN2CCC3(CCNCC3)C2)ccc1OC(F)F.Cl. The van der Waals surface area contributed by atoms with Crippen LogP contribution in [0.3, 0.4) is 0 Å². The van der Waals surface area contributed by atoms with Gasteiger partial charge in [0.1, 0.15) is 0 Å². The highest BCUT2D eigenvalue weighted by Crippen LogP contribution is 2.39. The van der Waals surface area contributed by atoms with Crippen LogP contribution >= 0.6 is 12.4 Å². The van der Waals surface area contributed by atoms with Crippen LogP contribution < -0.4 is 14.8 Å². The summed E-state index contributed by atoms with van der Waals surface area (Å²) in [4.78, 5) is 2.46. The number of benzene rings is 1. The van der Waals surface area contributed by atoms with E-state index in [4.69, 9.17) is 4.74 Å². The van der Waals surface area contributed by atoms with E-state index in [1.807, 2.05) is 19.1 Å². The fourth-order valence-corrected chi connectivity index (χ4v) is 3.90. The number of ether oxygens (including phenoxy) is 2.